The first-order chi connectivity index (χ1) is 19.5. The summed E-state index contributed by atoms with van der Waals surface area (Å²) < 4.78 is 68.6. The third-order valence-electron chi connectivity index (χ3n) is 8.22. The number of benzene rings is 1. The Kier molecular flexibility index (Phi) is 8.31. The third-order valence-corrected chi connectivity index (χ3v) is 8.22. The second kappa shape index (κ2) is 11.8. The van der Waals surface area contributed by atoms with E-state index in [-0.39, 0.29) is 36.9 Å². The van der Waals surface area contributed by atoms with Crippen molar-refractivity contribution in [2.75, 3.05) is 37.6 Å². The monoisotopic (exact) mass is 572 g/mol. The molecule has 10 heteroatoms. The Hall–Kier alpha value is -3.53. The Morgan fingerprint density at radius 3 is 2.63 bits per heavy atom. The summed E-state index contributed by atoms with van der Waals surface area (Å²) in [5.74, 6) is -3.16. The summed E-state index contributed by atoms with van der Waals surface area (Å²) in [4.78, 5) is 22.7. The number of amides is 1. The molecule has 1 fully saturated rings. The van der Waals surface area contributed by atoms with Crippen molar-refractivity contribution in [3.05, 3.63) is 95.6 Å². The number of fused-ring (bicyclic) bond motifs is 1. The molecular weight excluding hydrogens is 539 g/mol. The van der Waals surface area contributed by atoms with E-state index in [4.69, 9.17) is 0 Å². The van der Waals surface area contributed by atoms with Gasteiger partial charge in [0.1, 0.15) is 0 Å². The molecule has 3 aliphatic heterocycles. The van der Waals surface area contributed by atoms with Crippen molar-refractivity contribution in [3.8, 4) is 0 Å². The number of halogens is 5. The molecule has 0 aliphatic carbocycles. The fraction of sp³-hybridized carbons (Fsp3) is 0.419. The van der Waals surface area contributed by atoms with Crippen molar-refractivity contribution in [1.29, 1.82) is 0 Å². The highest BCUT2D eigenvalue weighted by Gasteiger charge is 2.36. The minimum Gasteiger partial charge on any atom is -0.338 e. The Balaban J connectivity index is 1.24. The van der Waals surface area contributed by atoms with Crippen LogP contribution in [0.5, 0.6) is 0 Å². The lowest BCUT2D eigenvalue weighted by atomic mass is 9.88. The number of alkyl halides is 3. The van der Waals surface area contributed by atoms with E-state index in [1.165, 1.54) is 17.0 Å². The molecule has 1 amide bonds. The van der Waals surface area contributed by atoms with Crippen LogP contribution in [-0.4, -0.2) is 59.6 Å². The maximum Gasteiger partial charge on any atom is 0.401 e. The smallest absolute Gasteiger partial charge is 0.338 e. The van der Waals surface area contributed by atoms with Crippen molar-refractivity contribution in [3.63, 3.8) is 0 Å². The molecule has 218 valence electrons. The lowest BCUT2D eigenvalue weighted by Crippen LogP contribution is -2.39. The highest BCUT2D eigenvalue weighted by Crippen LogP contribution is 2.38. The zero-order valence-electron chi connectivity index (χ0n) is 22.8. The minimum absolute atomic E-state index is 0.0237. The van der Waals surface area contributed by atoms with Crippen LogP contribution < -0.4 is 4.90 Å². The van der Waals surface area contributed by atoms with Crippen LogP contribution in [0.25, 0.3) is 0 Å². The molecule has 0 radical (unpaired) electrons. The highest BCUT2D eigenvalue weighted by atomic mass is 19.4. The number of hydrogen-bond donors (Lipinski definition) is 0. The molecule has 1 aromatic heterocycles. The SMILES string of the molecule is C=C(CC(=O)N1CC=C(N2C(=C)Cc3ncccc32)CC1)[C@@H]1CCC(c2cccc(F)c2F)CN(CC(F)(F)F)C1. The highest BCUT2D eigenvalue weighted by molar-refractivity contribution is 5.79. The van der Waals surface area contributed by atoms with Crippen LogP contribution >= 0.6 is 0 Å². The van der Waals surface area contributed by atoms with Crippen LogP contribution in [0.15, 0.2) is 72.7 Å². The summed E-state index contributed by atoms with van der Waals surface area (Å²) in [5, 5.41) is 0. The Bertz CT molecular complexity index is 1370. The van der Waals surface area contributed by atoms with Crippen LogP contribution in [0.1, 0.15) is 42.9 Å². The van der Waals surface area contributed by atoms with Crippen molar-refractivity contribution < 1.29 is 26.7 Å². The van der Waals surface area contributed by atoms with Gasteiger partial charge in [0.2, 0.25) is 5.91 Å². The molecular formula is C31H33F5N4O. The maximum atomic E-state index is 14.5. The van der Waals surface area contributed by atoms with Gasteiger partial charge in [0, 0.05) is 63.0 Å². The van der Waals surface area contributed by atoms with E-state index in [1.807, 2.05) is 18.2 Å². The van der Waals surface area contributed by atoms with Gasteiger partial charge >= 0.3 is 6.18 Å². The number of nitrogens with zero attached hydrogens (tertiary/aromatic N) is 4. The van der Waals surface area contributed by atoms with Gasteiger partial charge in [-0.25, -0.2) is 8.78 Å². The van der Waals surface area contributed by atoms with Gasteiger partial charge in [-0.2, -0.15) is 13.2 Å². The maximum absolute atomic E-state index is 14.5. The van der Waals surface area contributed by atoms with Gasteiger partial charge in [-0.1, -0.05) is 30.9 Å². The molecule has 0 bridgehead atoms. The van der Waals surface area contributed by atoms with E-state index in [1.54, 1.807) is 11.1 Å². The number of hydrogen-bond acceptors (Lipinski definition) is 4. The quantitative estimate of drug-likeness (QED) is 0.299. The molecule has 2 atom stereocenters. The van der Waals surface area contributed by atoms with Crippen molar-refractivity contribution >= 4 is 11.6 Å². The number of allylic oxidation sites excluding steroid dienone is 1. The fourth-order valence-electron chi connectivity index (χ4n) is 6.20. The van der Waals surface area contributed by atoms with E-state index >= 15 is 0 Å². The number of rotatable bonds is 6. The third kappa shape index (κ3) is 6.53. The first-order valence-electron chi connectivity index (χ1n) is 13.8. The van der Waals surface area contributed by atoms with E-state index in [2.05, 4.69) is 23.0 Å². The van der Waals surface area contributed by atoms with Crippen LogP contribution in [-0.2, 0) is 11.2 Å². The summed E-state index contributed by atoms with van der Waals surface area (Å²) in [6.07, 6.45) is 1.43. The number of carbonyl (C=O) groups is 1. The molecule has 41 heavy (non-hydrogen) atoms. The predicted molar refractivity (Wildman–Crippen MR) is 147 cm³/mol. The zero-order valence-corrected chi connectivity index (χ0v) is 22.8. The molecule has 1 unspecified atom stereocenters. The van der Waals surface area contributed by atoms with Crippen molar-refractivity contribution in [2.24, 2.45) is 5.92 Å². The van der Waals surface area contributed by atoms with Crippen LogP contribution in [0.2, 0.25) is 0 Å². The Labute approximate surface area is 236 Å². The van der Waals surface area contributed by atoms with Crippen molar-refractivity contribution in [1.82, 2.24) is 14.8 Å². The van der Waals surface area contributed by atoms with Crippen LogP contribution in [0.3, 0.4) is 0 Å². The first kappa shape index (κ1) is 29.0. The molecule has 3 aliphatic rings. The molecule has 5 nitrogen and oxygen atoms in total. The lowest BCUT2D eigenvalue weighted by molar-refractivity contribution is -0.146. The number of carbonyl (C=O) groups excluding carboxylic acids is 1. The van der Waals surface area contributed by atoms with Gasteiger partial charge in [0.05, 0.1) is 17.9 Å². The van der Waals surface area contributed by atoms with Crippen LogP contribution in [0, 0.1) is 17.6 Å². The second-order valence-electron chi connectivity index (χ2n) is 11.1. The molecule has 0 spiro atoms. The summed E-state index contributed by atoms with van der Waals surface area (Å²) in [7, 11) is 0. The van der Waals surface area contributed by atoms with Gasteiger partial charge in [-0.3, -0.25) is 14.7 Å². The average molecular weight is 573 g/mol. The van der Waals surface area contributed by atoms with Gasteiger partial charge < -0.3 is 9.80 Å². The first-order valence-corrected chi connectivity index (χ1v) is 13.8. The number of aromatic nitrogens is 1. The predicted octanol–water partition coefficient (Wildman–Crippen LogP) is 6.36. The van der Waals surface area contributed by atoms with Gasteiger partial charge in [-0.15, -0.1) is 0 Å². The van der Waals surface area contributed by atoms with E-state index < -0.39 is 30.3 Å². The standard InChI is InChI=1S/C31H33F5N4O/c1-20(15-29(41)39-13-10-24(11-14-39)40-21(2)16-27-28(40)7-4-12-37-27)22-8-9-23(18-38(17-22)19-31(34,35)36)25-5-3-6-26(32)30(25)33/h3-7,10,12,22-23H,1-2,8-9,11,13-19H2/t22-,23?/m1/s1. The molecule has 4 heterocycles. The zero-order chi connectivity index (χ0) is 29.3. The summed E-state index contributed by atoms with van der Waals surface area (Å²) >= 11 is 0. The van der Waals surface area contributed by atoms with Gasteiger partial charge in [0.25, 0.3) is 0 Å². The molecule has 0 saturated carbocycles. The molecule has 1 saturated heterocycles. The number of likely N-dealkylation sites (tertiary alicyclic amines) is 1. The largest absolute Gasteiger partial charge is 0.401 e. The van der Waals surface area contributed by atoms with Crippen molar-refractivity contribution in [2.45, 2.75) is 44.2 Å². The van der Waals surface area contributed by atoms with E-state index in [0.29, 0.717) is 44.3 Å². The summed E-state index contributed by atoms with van der Waals surface area (Å²) in [6, 6.07) is 7.68. The molecule has 2 aromatic rings. The van der Waals surface area contributed by atoms with E-state index in [0.717, 1.165) is 28.8 Å². The van der Waals surface area contributed by atoms with E-state index in [9.17, 15) is 26.7 Å². The van der Waals surface area contributed by atoms with Crippen LogP contribution in [0.4, 0.5) is 27.6 Å². The Morgan fingerprint density at radius 2 is 1.90 bits per heavy atom. The normalized spacial score (nSPS) is 21.9. The second-order valence-corrected chi connectivity index (χ2v) is 11.1. The molecule has 5 rings (SSSR count). The number of anilines is 1. The average Bonchev–Trinajstić information content (AvgIpc) is 3.12. The summed E-state index contributed by atoms with van der Waals surface area (Å²) in [6.45, 7) is 8.01. The molecule has 0 N–H and O–H groups in total. The van der Waals surface area contributed by atoms with Gasteiger partial charge in [0.15, 0.2) is 11.6 Å². The fourth-order valence-corrected chi connectivity index (χ4v) is 6.20. The topological polar surface area (TPSA) is 39.7 Å². The lowest BCUT2D eigenvalue weighted by Gasteiger charge is -2.32. The molecule has 1 aromatic carbocycles. The Morgan fingerprint density at radius 1 is 1.10 bits per heavy atom. The minimum atomic E-state index is -4.45. The number of pyridine rings is 1. The summed E-state index contributed by atoms with van der Waals surface area (Å²) in [5.41, 5.74) is 4.61. The van der Waals surface area contributed by atoms with Gasteiger partial charge in [-0.05, 0) is 54.5 Å².